The fourth-order valence-electron chi connectivity index (χ4n) is 4.92. The van der Waals surface area contributed by atoms with Gasteiger partial charge in [0.25, 0.3) is 0 Å². The van der Waals surface area contributed by atoms with Gasteiger partial charge in [-0.3, -0.25) is 9.69 Å². The molecule has 0 spiro atoms. The maximum atomic E-state index is 13.5. The third kappa shape index (κ3) is 7.34. The molecule has 2 N–H and O–H groups in total. The zero-order valence-corrected chi connectivity index (χ0v) is 23.0. The van der Waals surface area contributed by atoms with Crippen LogP contribution < -0.4 is 10.1 Å². The molecule has 4 aromatic rings. The summed E-state index contributed by atoms with van der Waals surface area (Å²) < 4.78 is 11.4. The summed E-state index contributed by atoms with van der Waals surface area (Å²) in [4.78, 5) is 40.3. The number of nitrogens with one attached hydrogen (secondary N) is 1. The van der Waals surface area contributed by atoms with Crippen molar-refractivity contribution in [1.29, 1.82) is 0 Å². The standard InChI is InChI=1S/C34H32N2O6/c37-32(35-30(33(38)39)19-24-15-17-29(18-16-24)41-22-25-9-3-1-4-10-25)31-20-27-13-7-8-14-28(27)21-36(31)34(40)42-23-26-11-5-2-6-12-26/h1-18,30-31H,19-23H2,(H,35,37)(H,38,39)/t30-,31+/m1/s1. The first-order valence-corrected chi connectivity index (χ1v) is 13.8. The zero-order chi connectivity index (χ0) is 29.3. The number of nitrogens with zero attached hydrogens (tertiary/aromatic N) is 1. The number of aliphatic carboxylic acids is 1. The van der Waals surface area contributed by atoms with Crippen molar-refractivity contribution < 1.29 is 29.0 Å². The topological polar surface area (TPSA) is 105 Å². The van der Waals surface area contributed by atoms with Gasteiger partial charge in [-0.05, 0) is 39.9 Å². The lowest BCUT2D eigenvalue weighted by Crippen LogP contribution is -2.56. The smallest absolute Gasteiger partial charge is 0.411 e. The Balaban J connectivity index is 1.25. The van der Waals surface area contributed by atoms with E-state index in [1.54, 1.807) is 24.3 Å². The van der Waals surface area contributed by atoms with Crippen molar-refractivity contribution in [3.8, 4) is 5.75 Å². The number of carbonyl (C=O) groups excluding carboxylic acids is 2. The average molecular weight is 565 g/mol. The molecule has 5 rings (SSSR count). The molecule has 4 aromatic carbocycles. The van der Waals surface area contributed by atoms with Crippen LogP contribution in [0.2, 0.25) is 0 Å². The van der Waals surface area contributed by atoms with E-state index in [2.05, 4.69) is 5.32 Å². The number of hydrogen-bond acceptors (Lipinski definition) is 5. The van der Waals surface area contributed by atoms with Crippen LogP contribution in [0.5, 0.6) is 5.75 Å². The highest BCUT2D eigenvalue weighted by Crippen LogP contribution is 2.25. The Morgan fingerprint density at radius 3 is 2.00 bits per heavy atom. The highest BCUT2D eigenvalue weighted by atomic mass is 16.6. The molecule has 0 fully saturated rings. The predicted molar refractivity (Wildman–Crippen MR) is 157 cm³/mol. The summed E-state index contributed by atoms with van der Waals surface area (Å²) in [5, 5.41) is 12.6. The SMILES string of the molecule is O=C(O)[C@@H](Cc1ccc(OCc2ccccc2)cc1)NC(=O)[C@@H]1Cc2ccccc2CN1C(=O)OCc1ccccc1. The van der Waals surface area contributed by atoms with Crippen LogP contribution in [0, 0.1) is 0 Å². The molecule has 2 amide bonds. The number of rotatable bonds is 10. The van der Waals surface area contributed by atoms with Crippen LogP contribution in [0.3, 0.4) is 0 Å². The summed E-state index contributed by atoms with van der Waals surface area (Å²) in [5.74, 6) is -1.05. The average Bonchev–Trinajstić information content (AvgIpc) is 3.03. The summed E-state index contributed by atoms with van der Waals surface area (Å²) in [6.07, 6.45) is -0.309. The van der Waals surface area contributed by atoms with Gasteiger partial charge < -0.3 is 19.9 Å². The molecule has 42 heavy (non-hydrogen) atoms. The van der Waals surface area contributed by atoms with Crippen LogP contribution in [0.1, 0.15) is 27.8 Å². The monoisotopic (exact) mass is 564 g/mol. The molecule has 1 aliphatic heterocycles. The minimum absolute atomic E-state index is 0.0645. The van der Waals surface area contributed by atoms with Crippen molar-refractivity contribution in [2.75, 3.05) is 0 Å². The molecule has 0 saturated carbocycles. The molecular formula is C34H32N2O6. The van der Waals surface area contributed by atoms with Gasteiger partial charge in [-0.25, -0.2) is 9.59 Å². The first kappa shape index (κ1) is 28.4. The predicted octanol–water partition coefficient (Wildman–Crippen LogP) is 5.14. The number of carboxylic acids is 1. The van der Waals surface area contributed by atoms with Crippen molar-refractivity contribution in [3.05, 3.63) is 137 Å². The molecule has 0 bridgehead atoms. The number of carboxylic acid groups (broad SMARTS) is 1. The second kappa shape index (κ2) is 13.5. The van der Waals surface area contributed by atoms with E-state index in [-0.39, 0.29) is 26.0 Å². The Kier molecular flexibility index (Phi) is 9.13. The summed E-state index contributed by atoms with van der Waals surface area (Å²) in [7, 11) is 0. The van der Waals surface area contributed by atoms with Crippen molar-refractivity contribution in [1.82, 2.24) is 10.2 Å². The van der Waals surface area contributed by atoms with Crippen LogP contribution in [0.4, 0.5) is 4.79 Å². The van der Waals surface area contributed by atoms with Gasteiger partial charge in [-0.2, -0.15) is 0 Å². The zero-order valence-electron chi connectivity index (χ0n) is 23.0. The summed E-state index contributed by atoms with van der Waals surface area (Å²) in [5.41, 5.74) is 4.44. The van der Waals surface area contributed by atoms with Gasteiger partial charge in [0.15, 0.2) is 0 Å². The molecule has 8 nitrogen and oxygen atoms in total. The van der Waals surface area contributed by atoms with Crippen LogP contribution in [-0.2, 0) is 46.9 Å². The summed E-state index contributed by atoms with van der Waals surface area (Å²) in [6, 6.07) is 31.7. The number of benzene rings is 4. The van der Waals surface area contributed by atoms with Gasteiger partial charge in [0.1, 0.15) is 31.0 Å². The fraction of sp³-hybridized carbons (Fsp3) is 0.206. The highest BCUT2D eigenvalue weighted by Gasteiger charge is 2.37. The minimum atomic E-state index is -1.19. The molecule has 0 unspecified atom stereocenters. The molecule has 0 aromatic heterocycles. The van der Waals surface area contributed by atoms with Crippen molar-refractivity contribution in [2.45, 2.75) is 44.7 Å². The van der Waals surface area contributed by atoms with E-state index in [9.17, 15) is 19.5 Å². The van der Waals surface area contributed by atoms with Gasteiger partial charge >= 0.3 is 12.1 Å². The Hall–Kier alpha value is -5.11. The highest BCUT2D eigenvalue weighted by molar-refractivity contribution is 5.90. The largest absolute Gasteiger partial charge is 0.489 e. The Bertz CT molecular complexity index is 1510. The van der Waals surface area contributed by atoms with Crippen molar-refractivity contribution in [3.63, 3.8) is 0 Å². The lowest BCUT2D eigenvalue weighted by Gasteiger charge is -2.35. The van der Waals surface area contributed by atoms with Crippen LogP contribution in [0.25, 0.3) is 0 Å². The second-order valence-electron chi connectivity index (χ2n) is 10.2. The van der Waals surface area contributed by atoms with Gasteiger partial charge in [-0.15, -0.1) is 0 Å². The Labute approximate surface area is 244 Å². The van der Waals surface area contributed by atoms with E-state index in [1.165, 1.54) is 4.90 Å². The number of carbonyl (C=O) groups is 3. The number of amides is 2. The maximum absolute atomic E-state index is 13.5. The molecule has 1 heterocycles. The second-order valence-corrected chi connectivity index (χ2v) is 10.2. The van der Waals surface area contributed by atoms with Crippen LogP contribution >= 0.6 is 0 Å². The van der Waals surface area contributed by atoms with E-state index in [0.29, 0.717) is 12.4 Å². The maximum Gasteiger partial charge on any atom is 0.411 e. The third-order valence-electron chi connectivity index (χ3n) is 7.22. The molecule has 0 aliphatic carbocycles. The van der Waals surface area contributed by atoms with Crippen LogP contribution in [-0.4, -0.2) is 40.1 Å². The quantitative estimate of drug-likeness (QED) is 0.276. The first-order chi connectivity index (χ1) is 20.5. The van der Waals surface area contributed by atoms with Crippen molar-refractivity contribution >= 4 is 18.0 Å². The third-order valence-corrected chi connectivity index (χ3v) is 7.22. The Morgan fingerprint density at radius 1 is 0.762 bits per heavy atom. The Morgan fingerprint density at radius 2 is 1.36 bits per heavy atom. The molecule has 214 valence electrons. The first-order valence-electron chi connectivity index (χ1n) is 13.8. The number of fused-ring (bicyclic) bond motifs is 1. The van der Waals surface area contributed by atoms with E-state index >= 15 is 0 Å². The lowest BCUT2D eigenvalue weighted by molar-refractivity contribution is -0.142. The van der Waals surface area contributed by atoms with E-state index in [1.807, 2.05) is 84.9 Å². The van der Waals surface area contributed by atoms with Gasteiger partial charge in [0.05, 0.1) is 6.54 Å². The van der Waals surface area contributed by atoms with E-state index in [4.69, 9.17) is 9.47 Å². The van der Waals surface area contributed by atoms with E-state index in [0.717, 1.165) is 27.8 Å². The fourth-order valence-corrected chi connectivity index (χ4v) is 4.92. The van der Waals surface area contributed by atoms with E-state index < -0.39 is 30.1 Å². The molecule has 0 radical (unpaired) electrons. The molecule has 0 saturated heterocycles. The van der Waals surface area contributed by atoms with Gasteiger partial charge in [-0.1, -0.05) is 97.1 Å². The molecule has 2 atom stereocenters. The number of ether oxygens (including phenoxy) is 2. The minimum Gasteiger partial charge on any atom is -0.489 e. The normalized spacial score (nSPS) is 14.8. The van der Waals surface area contributed by atoms with Gasteiger partial charge in [0.2, 0.25) is 5.91 Å². The van der Waals surface area contributed by atoms with Crippen molar-refractivity contribution in [2.24, 2.45) is 0 Å². The van der Waals surface area contributed by atoms with Crippen LogP contribution in [0.15, 0.2) is 109 Å². The number of hydrogen-bond donors (Lipinski definition) is 2. The summed E-state index contributed by atoms with van der Waals surface area (Å²) in [6.45, 7) is 0.668. The van der Waals surface area contributed by atoms with Gasteiger partial charge in [0, 0.05) is 12.8 Å². The molecule has 8 heteroatoms. The molecular weight excluding hydrogens is 532 g/mol. The molecule has 1 aliphatic rings. The summed E-state index contributed by atoms with van der Waals surface area (Å²) >= 11 is 0. The lowest BCUT2D eigenvalue weighted by atomic mass is 9.93.